The Balaban J connectivity index is 2.16. The van der Waals surface area contributed by atoms with Crippen LogP contribution in [0.1, 0.15) is 51.1 Å². The highest BCUT2D eigenvalue weighted by Crippen LogP contribution is 2.32. The molecular weight excluding hydrogens is 246 g/mol. The van der Waals surface area contributed by atoms with E-state index in [1.165, 1.54) is 25.7 Å². The average Bonchev–Trinajstić information content (AvgIpc) is 2.84. The number of benzene rings is 1. The van der Waals surface area contributed by atoms with Gasteiger partial charge in [0.25, 0.3) is 0 Å². The topological polar surface area (TPSA) is 21.3 Å². The van der Waals surface area contributed by atoms with Gasteiger partial charge >= 0.3 is 0 Å². The maximum absolute atomic E-state index is 6.13. The van der Waals surface area contributed by atoms with Crippen LogP contribution in [0.2, 0.25) is 5.02 Å². The van der Waals surface area contributed by atoms with Gasteiger partial charge in [0.05, 0.1) is 6.10 Å². The Bertz CT molecular complexity index is 388. The molecule has 1 fully saturated rings. The lowest BCUT2D eigenvalue weighted by atomic mass is 10.1. The van der Waals surface area contributed by atoms with Crippen LogP contribution in [-0.4, -0.2) is 12.6 Å². The number of nitrogens with one attached hydrogen (secondary N) is 1. The highest BCUT2D eigenvalue weighted by Gasteiger charge is 2.19. The summed E-state index contributed by atoms with van der Waals surface area (Å²) in [4.78, 5) is 0. The van der Waals surface area contributed by atoms with E-state index in [-0.39, 0.29) is 6.04 Å². The molecule has 100 valence electrons. The molecule has 1 atom stereocenters. The van der Waals surface area contributed by atoms with Crippen molar-refractivity contribution in [3.05, 3.63) is 28.8 Å². The first-order valence-corrected chi connectivity index (χ1v) is 7.28. The van der Waals surface area contributed by atoms with Gasteiger partial charge < -0.3 is 10.1 Å². The molecule has 0 spiro atoms. The molecule has 1 aliphatic carbocycles. The summed E-state index contributed by atoms with van der Waals surface area (Å²) < 4.78 is 6.13. The fraction of sp³-hybridized carbons (Fsp3) is 0.600. The van der Waals surface area contributed by atoms with Crippen molar-refractivity contribution >= 4 is 11.6 Å². The van der Waals surface area contributed by atoms with Gasteiger partial charge in [0, 0.05) is 16.6 Å². The average molecular weight is 268 g/mol. The molecule has 1 unspecified atom stereocenters. The standard InChI is InChI=1S/C15H22ClNO/c1-3-17-11(2)14-10-12(16)8-9-15(14)18-13-6-4-5-7-13/h8-11,13,17H,3-7H2,1-2H3. The second kappa shape index (κ2) is 6.44. The summed E-state index contributed by atoms with van der Waals surface area (Å²) >= 11 is 6.09. The summed E-state index contributed by atoms with van der Waals surface area (Å²) in [5, 5.41) is 4.19. The van der Waals surface area contributed by atoms with Crippen molar-refractivity contribution in [2.45, 2.75) is 51.7 Å². The molecule has 1 aromatic rings. The zero-order valence-electron chi connectivity index (χ0n) is 11.2. The maximum atomic E-state index is 6.13. The highest BCUT2D eigenvalue weighted by atomic mass is 35.5. The van der Waals surface area contributed by atoms with Gasteiger partial charge in [-0.3, -0.25) is 0 Å². The predicted octanol–water partition coefficient (Wildman–Crippen LogP) is 4.33. The molecule has 1 N–H and O–H groups in total. The van der Waals surface area contributed by atoms with E-state index >= 15 is 0 Å². The van der Waals surface area contributed by atoms with Crippen LogP contribution in [0.5, 0.6) is 5.75 Å². The Kier molecular flexibility index (Phi) is 4.90. The van der Waals surface area contributed by atoms with E-state index in [4.69, 9.17) is 16.3 Å². The van der Waals surface area contributed by atoms with Crippen LogP contribution in [-0.2, 0) is 0 Å². The van der Waals surface area contributed by atoms with Gasteiger partial charge in [-0.15, -0.1) is 0 Å². The summed E-state index contributed by atoms with van der Waals surface area (Å²) in [6.45, 7) is 5.20. The summed E-state index contributed by atoms with van der Waals surface area (Å²) in [6.07, 6.45) is 5.32. The van der Waals surface area contributed by atoms with Crippen LogP contribution in [0, 0.1) is 0 Å². The van der Waals surface area contributed by atoms with Crippen LogP contribution < -0.4 is 10.1 Å². The third-order valence-electron chi connectivity index (χ3n) is 3.54. The Hall–Kier alpha value is -0.730. The van der Waals surface area contributed by atoms with E-state index in [1.54, 1.807) is 0 Å². The Labute approximate surface area is 115 Å². The first-order valence-electron chi connectivity index (χ1n) is 6.90. The zero-order chi connectivity index (χ0) is 13.0. The van der Waals surface area contributed by atoms with Crippen molar-refractivity contribution in [3.63, 3.8) is 0 Å². The van der Waals surface area contributed by atoms with Gasteiger partial charge in [-0.05, 0) is 57.4 Å². The van der Waals surface area contributed by atoms with Gasteiger partial charge in [0.2, 0.25) is 0 Å². The molecule has 1 saturated carbocycles. The van der Waals surface area contributed by atoms with Crippen molar-refractivity contribution in [2.24, 2.45) is 0 Å². The molecule has 1 aliphatic rings. The van der Waals surface area contributed by atoms with Gasteiger partial charge in [0.1, 0.15) is 5.75 Å². The van der Waals surface area contributed by atoms with E-state index in [1.807, 2.05) is 18.2 Å². The second-order valence-electron chi connectivity index (χ2n) is 4.99. The van der Waals surface area contributed by atoms with Gasteiger partial charge in [-0.25, -0.2) is 0 Å². The van der Waals surface area contributed by atoms with E-state index in [0.717, 1.165) is 22.9 Å². The summed E-state index contributed by atoms with van der Waals surface area (Å²) in [6, 6.07) is 6.20. The lowest BCUT2D eigenvalue weighted by Gasteiger charge is -2.21. The number of halogens is 1. The zero-order valence-corrected chi connectivity index (χ0v) is 12.0. The molecule has 0 heterocycles. The van der Waals surface area contributed by atoms with Crippen molar-refractivity contribution in [1.29, 1.82) is 0 Å². The Morgan fingerprint density at radius 2 is 2.11 bits per heavy atom. The normalized spacial score (nSPS) is 17.9. The smallest absolute Gasteiger partial charge is 0.124 e. The third-order valence-corrected chi connectivity index (χ3v) is 3.78. The van der Waals surface area contributed by atoms with Crippen molar-refractivity contribution in [1.82, 2.24) is 5.32 Å². The number of hydrogen-bond donors (Lipinski definition) is 1. The molecule has 0 radical (unpaired) electrons. The Morgan fingerprint density at radius 3 is 2.78 bits per heavy atom. The quantitative estimate of drug-likeness (QED) is 0.857. The fourth-order valence-corrected chi connectivity index (χ4v) is 2.75. The number of rotatable bonds is 5. The van der Waals surface area contributed by atoms with Gasteiger partial charge in [-0.1, -0.05) is 18.5 Å². The van der Waals surface area contributed by atoms with E-state index < -0.39 is 0 Å². The Morgan fingerprint density at radius 1 is 1.39 bits per heavy atom. The van der Waals surface area contributed by atoms with Gasteiger partial charge in [0.15, 0.2) is 0 Å². The molecule has 2 rings (SSSR count). The van der Waals surface area contributed by atoms with Crippen LogP contribution in [0.25, 0.3) is 0 Å². The molecule has 2 nitrogen and oxygen atoms in total. The molecule has 1 aromatic carbocycles. The molecule has 18 heavy (non-hydrogen) atoms. The first kappa shape index (κ1) is 13.7. The molecule has 3 heteroatoms. The van der Waals surface area contributed by atoms with Crippen molar-refractivity contribution in [3.8, 4) is 5.75 Å². The van der Waals surface area contributed by atoms with Crippen LogP contribution in [0.3, 0.4) is 0 Å². The largest absolute Gasteiger partial charge is 0.490 e. The number of hydrogen-bond acceptors (Lipinski definition) is 2. The summed E-state index contributed by atoms with van der Waals surface area (Å²) in [5.41, 5.74) is 1.16. The van der Waals surface area contributed by atoms with Crippen LogP contribution >= 0.6 is 11.6 Å². The maximum Gasteiger partial charge on any atom is 0.124 e. The first-order chi connectivity index (χ1) is 8.70. The molecular formula is C15H22ClNO. The van der Waals surface area contributed by atoms with Crippen LogP contribution in [0.4, 0.5) is 0 Å². The van der Waals surface area contributed by atoms with Crippen molar-refractivity contribution in [2.75, 3.05) is 6.54 Å². The minimum atomic E-state index is 0.269. The van der Waals surface area contributed by atoms with E-state index in [2.05, 4.69) is 19.2 Å². The predicted molar refractivity (Wildman–Crippen MR) is 76.4 cm³/mol. The second-order valence-corrected chi connectivity index (χ2v) is 5.42. The minimum Gasteiger partial charge on any atom is -0.490 e. The van der Waals surface area contributed by atoms with Crippen LogP contribution in [0.15, 0.2) is 18.2 Å². The SMILES string of the molecule is CCNC(C)c1cc(Cl)ccc1OC1CCCC1. The van der Waals surface area contributed by atoms with E-state index in [9.17, 15) is 0 Å². The molecule has 0 saturated heterocycles. The van der Waals surface area contributed by atoms with Crippen molar-refractivity contribution < 1.29 is 4.74 Å². The lowest BCUT2D eigenvalue weighted by Crippen LogP contribution is -2.20. The highest BCUT2D eigenvalue weighted by molar-refractivity contribution is 6.30. The molecule has 0 aliphatic heterocycles. The van der Waals surface area contributed by atoms with Gasteiger partial charge in [-0.2, -0.15) is 0 Å². The fourth-order valence-electron chi connectivity index (χ4n) is 2.57. The number of ether oxygens (including phenoxy) is 1. The lowest BCUT2D eigenvalue weighted by molar-refractivity contribution is 0.206. The molecule has 0 aromatic heterocycles. The minimum absolute atomic E-state index is 0.269. The summed E-state index contributed by atoms with van der Waals surface area (Å²) in [5.74, 6) is 0.986. The third kappa shape index (κ3) is 3.39. The molecule has 0 amide bonds. The monoisotopic (exact) mass is 267 g/mol. The van der Waals surface area contributed by atoms with E-state index in [0.29, 0.717) is 6.10 Å². The summed E-state index contributed by atoms with van der Waals surface area (Å²) in [7, 11) is 0. The molecule has 0 bridgehead atoms.